The number of nitro groups is 1. The van der Waals surface area contributed by atoms with Gasteiger partial charge in [0.2, 0.25) is 0 Å². The number of aldehydes is 1. The number of morpholine rings is 1. The molecule has 0 spiro atoms. The lowest BCUT2D eigenvalue weighted by molar-refractivity contribution is -0.384. The van der Waals surface area contributed by atoms with Gasteiger partial charge in [0.25, 0.3) is 5.69 Å². The number of carbonyl (C=O) groups is 1. The van der Waals surface area contributed by atoms with Crippen LogP contribution in [0.1, 0.15) is 16.8 Å². The van der Waals surface area contributed by atoms with Gasteiger partial charge in [-0.05, 0) is 12.5 Å². The van der Waals surface area contributed by atoms with Crippen LogP contribution in [0.4, 0.5) is 11.4 Å². The Labute approximate surface area is 103 Å². The highest BCUT2D eigenvalue weighted by Crippen LogP contribution is 2.35. The van der Waals surface area contributed by atoms with Gasteiger partial charge < -0.3 is 9.64 Å². The van der Waals surface area contributed by atoms with Crippen LogP contribution < -0.4 is 4.90 Å². The number of non-ortho nitro benzene ring substituents is 1. The maximum Gasteiger partial charge on any atom is 0.271 e. The molecule has 2 aliphatic heterocycles. The van der Waals surface area contributed by atoms with Crippen LogP contribution in [0, 0.1) is 10.1 Å². The first kappa shape index (κ1) is 11.2. The zero-order chi connectivity index (χ0) is 12.7. The molecule has 18 heavy (non-hydrogen) atoms. The van der Waals surface area contributed by atoms with Crippen LogP contribution in [0.15, 0.2) is 18.2 Å². The minimum atomic E-state index is -0.442. The summed E-state index contributed by atoms with van der Waals surface area (Å²) in [6.45, 7) is 1.33. The molecule has 2 saturated heterocycles. The molecule has 2 heterocycles. The van der Waals surface area contributed by atoms with E-state index in [-0.39, 0.29) is 17.8 Å². The van der Waals surface area contributed by atoms with E-state index in [1.165, 1.54) is 18.2 Å². The average Bonchev–Trinajstić information content (AvgIpc) is 3.00. The van der Waals surface area contributed by atoms with Crippen molar-refractivity contribution in [2.75, 3.05) is 18.1 Å². The maximum atomic E-state index is 11.0. The van der Waals surface area contributed by atoms with Gasteiger partial charge in [-0.1, -0.05) is 0 Å². The van der Waals surface area contributed by atoms with Crippen molar-refractivity contribution in [3.05, 3.63) is 33.9 Å². The predicted molar refractivity (Wildman–Crippen MR) is 64.0 cm³/mol. The van der Waals surface area contributed by atoms with Crippen molar-refractivity contribution < 1.29 is 14.5 Å². The van der Waals surface area contributed by atoms with E-state index in [1.54, 1.807) is 0 Å². The number of hydrogen-bond donors (Lipinski definition) is 0. The van der Waals surface area contributed by atoms with Gasteiger partial charge in [-0.15, -0.1) is 0 Å². The van der Waals surface area contributed by atoms with Crippen LogP contribution in [-0.2, 0) is 4.74 Å². The minimum Gasteiger partial charge on any atom is -0.374 e. The summed E-state index contributed by atoms with van der Waals surface area (Å²) in [7, 11) is 0. The molecular formula is C12H12N2O4. The fraction of sp³-hybridized carbons (Fsp3) is 0.417. The van der Waals surface area contributed by atoms with Crippen molar-refractivity contribution in [3.63, 3.8) is 0 Å². The first-order valence-corrected chi connectivity index (χ1v) is 5.81. The zero-order valence-electron chi connectivity index (χ0n) is 9.61. The second kappa shape index (κ2) is 4.06. The molecule has 3 rings (SSSR count). The summed E-state index contributed by atoms with van der Waals surface area (Å²) in [5, 5.41) is 10.8. The molecule has 0 saturated carbocycles. The van der Waals surface area contributed by atoms with E-state index in [0.717, 1.165) is 12.7 Å². The van der Waals surface area contributed by atoms with Crippen molar-refractivity contribution >= 4 is 17.7 Å². The summed E-state index contributed by atoms with van der Waals surface area (Å²) in [6.07, 6.45) is 1.86. The highest BCUT2D eigenvalue weighted by Gasteiger charge is 2.40. The first-order valence-electron chi connectivity index (χ1n) is 5.81. The summed E-state index contributed by atoms with van der Waals surface area (Å²) in [5.41, 5.74) is 1.16. The Kier molecular flexibility index (Phi) is 2.52. The molecule has 2 unspecified atom stereocenters. The van der Waals surface area contributed by atoms with E-state index in [4.69, 9.17) is 4.74 Å². The first-order chi connectivity index (χ1) is 8.69. The fourth-order valence-electron chi connectivity index (χ4n) is 2.69. The average molecular weight is 248 g/mol. The monoisotopic (exact) mass is 248 g/mol. The van der Waals surface area contributed by atoms with Crippen LogP contribution in [0.3, 0.4) is 0 Å². The Morgan fingerprint density at radius 1 is 1.50 bits per heavy atom. The zero-order valence-corrected chi connectivity index (χ0v) is 9.61. The van der Waals surface area contributed by atoms with E-state index < -0.39 is 4.92 Å². The largest absolute Gasteiger partial charge is 0.374 e. The molecule has 0 aromatic heterocycles. The fourth-order valence-corrected chi connectivity index (χ4v) is 2.69. The molecule has 6 heteroatoms. The molecule has 94 valence electrons. The second-order valence-corrected chi connectivity index (χ2v) is 4.62. The lowest BCUT2D eigenvalue weighted by Crippen LogP contribution is -2.37. The van der Waals surface area contributed by atoms with Gasteiger partial charge in [0.05, 0.1) is 29.4 Å². The summed E-state index contributed by atoms with van der Waals surface area (Å²) in [5.74, 6) is 0. The van der Waals surface area contributed by atoms with Crippen molar-refractivity contribution in [1.82, 2.24) is 0 Å². The Morgan fingerprint density at radius 3 is 2.89 bits per heavy atom. The maximum absolute atomic E-state index is 11.0. The Hall–Kier alpha value is -1.95. The standard InChI is InChI=1S/C12H12N2O4/c15-6-8-1-2-9(14(16)17)4-12(8)13-5-11-3-10(13)7-18-11/h1-2,4,6,10-11H,3,5,7H2. The number of nitrogens with zero attached hydrogens (tertiary/aromatic N) is 2. The highest BCUT2D eigenvalue weighted by molar-refractivity contribution is 5.86. The molecule has 2 atom stereocenters. The number of rotatable bonds is 3. The lowest BCUT2D eigenvalue weighted by Gasteiger charge is -2.29. The number of anilines is 1. The van der Waals surface area contributed by atoms with E-state index in [2.05, 4.69) is 0 Å². The van der Waals surface area contributed by atoms with Crippen LogP contribution in [0.2, 0.25) is 0 Å². The molecular weight excluding hydrogens is 236 g/mol. The number of ether oxygens (including phenoxy) is 1. The normalized spacial score (nSPS) is 25.4. The van der Waals surface area contributed by atoms with Crippen LogP contribution in [-0.4, -0.2) is 36.5 Å². The number of carbonyl (C=O) groups excluding carboxylic acids is 1. The topological polar surface area (TPSA) is 72.7 Å². The Bertz CT molecular complexity index is 517. The summed E-state index contributed by atoms with van der Waals surface area (Å²) >= 11 is 0. The van der Waals surface area contributed by atoms with Crippen molar-refractivity contribution in [2.45, 2.75) is 18.6 Å². The van der Waals surface area contributed by atoms with Crippen LogP contribution in [0.25, 0.3) is 0 Å². The Morgan fingerprint density at radius 2 is 2.33 bits per heavy atom. The van der Waals surface area contributed by atoms with E-state index in [1.807, 2.05) is 4.90 Å². The third kappa shape index (κ3) is 1.65. The van der Waals surface area contributed by atoms with E-state index in [0.29, 0.717) is 24.4 Å². The minimum absolute atomic E-state index is 0.0132. The summed E-state index contributed by atoms with van der Waals surface area (Å²) in [6, 6.07) is 4.58. The van der Waals surface area contributed by atoms with Gasteiger partial charge in [-0.3, -0.25) is 14.9 Å². The van der Waals surface area contributed by atoms with Crippen molar-refractivity contribution in [1.29, 1.82) is 0 Å². The van der Waals surface area contributed by atoms with Gasteiger partial charge >= 0.3 is 0 Å². The molecule has 6 nitrogen and oxygen atoms in total. The highest BCUT2D eigenvalue weighted by atomic mass is 16.6. The van der Waals surface area contributed by atoms with Crippen LogP contribution >= 0.6 is 0 Å². The molecule has 2 fully saturated rings. The number of hydrogen-bond acceptors (Lipinski definition) is 5. The molecule has 1 aromatic rings. The summed E-state index contributed by atoms with van der Waals surface area (Å²) < 4.78 is 5.49. The summed E-state index contributed by atoms with van der Waals surface area (Å²) in [4.78, 5) is 23.5. The SMILES string of the molecule is O=Cc1ccc([N+](=O)[O-])cc1N1CC2CC1CO2. The third-order valence-electron chi connectivity index (χ3n) is 3.56. The van der Waals surface area contributed by atoms with Gasteiger partial charge in [0.15, 0.2) is 6.29 Å². The molecule has 0 amide bonds. The van der Waals surface area contributed by atoms with Gasteiger partial charge in [0, 0.05) is 24.2 Å². The number of fused-ring (bicyclic) bond motifs is 2. The van der Waals surface area contributed by atoms with Gasteiger partial charge in [-0.25, -0.2) is 0 Å². The molecule has 0 aliphatic carbocycles. The number of benzene rings is 1. The Balaban J connectivity index is 2.01. The molecule has 1 aromatic carbocycles. The second-order valence-electron chi connectivity index (χ2n) is 4.62. The van der Waals surface area contributed by atoms with E-state index >= 15 is 0 Å². The molecule has 2 bridgehead atoms. The third-order valence-corrected chi connectivity index (χ3v) is 3.56. The van der Waals surface area contributed by atoms with E-state index in [9.17, 15) is 14.9 Å². The molecule has 0 radical (unpaired) electrons. The smallest absolute Gasteiger partial charge is 0.271 e. The lowest BCUT2D eigenvalue weighted by atomic mass is 10.1. The van der Waals surface area contributed by atoms with Gasteiger partial charge in [-0.2, -0.15) is 0 Å². The van der Waals surface area contributed by atoms with Gasteiger partial charge in [0.1, 0.15) is 0 Å². The molecule has 0 N–H and O–H groups in total. The predicted octanol–water partition coefficient (Wildman–Crippen LogP) is 1.38. The van der Waals surface area contributed by atoms with Crippen LogP contribution in [0.5, 0.6) is 0 Å². The quantitative estimate of drug-likeness (QED) is 0.459. The van der Waals surface area contributed by atoms with Crippen molar-refractivity contribution in [3.8, 4) is 0 Å². The van der Waals surface area contributed by atoms with Crippen molar-refractivity contribution in [2.24, 2.45) is 0 Å². The number of nitro benzene ring substituents is 1. The molecule has 2 aliphatic rings.